The second-order valence-corrected chi connectivity index (χ2v) is 6.74. The van der Waals surface area contributed by atoms with Gasteiger partial charge in [0.25, 0.3) is 0 Å². The molecule has 1 aromatic rings. The van der Waals surface area contributed by atoms with Gasteiger partial charge in [-0.2, -0.15) is 0 Å². The topological polar surface area (TPSA) is 98.2 Å². The molecule has 0 saturated carbocycles. The molecule has 19 heavy (non-hydrogen) atoms. The van der Waals surface area contributed by atoms with E-state index in [4.69, 9.17) is 10.9 Å². The van der Waals surface area contributed by atoms with Gasteiger partial charge in [0.05, 0.1) is 5.75 Å². The van der Waals surface area contributed by atoms with Crippen LogP contribution in [0.2, 0.25) is 0 Å². The second kappa shape index (κ2) is 6.88. The third-order valence-corrected chi connectivity index (χ3v) is 3.87. The first kappa shape index (κ1) is 15.9. The first-order valence-electron chi connectivity index (χ1n) is 6.35. The third kappa shape index (κ3) is 6.04. The van der Waals surface area contributed by atoms with Crippen molar-refractivity contribution in [3.05, 3.63) is 29.8 Å². The summed E-state index contributed by atoms with van der Waals surface area (Å²) in [5.74, 6) is 0.813. The molecule has 5 N–H and O–H groups in total. The van der Waals surface area contributed by atoms with Gasteiger partial charge in [-0.05, 0) is 36.1 Å². The summed E-state index contributed by atoms with van der Waals surface area (Å²) in [4.78, 5) is 0. The Labute approximate surface area is 115 Å². The average molecular weight is 285 g/mol. The fraction of sp³-hybridized carbons (Fsp3) is 0.538. The van der Waals surface area contributed by atoms with E-state index in [2.05, 4.69) is 19.2 Å². The Bertz CT molecular complexity index is 483. The van der Waals surface area contributed by atoms with Crippen molar-refractivity contribution in [2.45, 2.75) is 19.6 Å². The third-order valence-electron chi connectivity index (χ3n) is 3.14. The first-order chi connectivity index (χ1) is 8.81. The first-order valence-corrected chi connectivity index (χ1v) is 8.06. The van der Waals surface area contributed by atoms with E-state index in [9.17, 15) is 8.42 Å². The van der Waals surface area contributed by atoms with Gasteiger partial charge >= 0.3 is 0 Å². The average Bonchev–Trinajstić information content (AvgIpc) is 2.29. The van der Waals surface area contributed by atoms with E-state index in [1.807, 2.05) is 12.1 Å². The lowest BCUT2D eigenvalue weighted by Gasteiger charge is -2.20. The predicted molar refractivity (Wildman–Crippen MR) is 79.1 cm³/mol. The Morgan fingerprint density at radius 3 is 2.21 bits per heavy atom. The monoisotopic (exact) mass is 285 g/mol. The summed E-state index contributed by atoms with van der Waals surface area (Å²) in [6, 6.07) is 7.24. The van der Waals surface area contributed by atoms with Crippen LogP contribution in [0.3, 0.4) is 0 Å². The standard InChI is InChI=1S/C13H23N3O2S/c1-10(2)12(7-14)8-16-13-5-3-11(4-6-13)9-19(15,17)18/h3-6,10,12,16H,7-9,14H2,1-2H3,(H2,15,17,18). The molecule has 5 nitrogen and oxygen atoms in total. The van der Waals surface area contributed by atoms with E-state index < -0.39 is 10.0 Å². The van der Waals surface area contributed by atoms with Crippen LogP contribution in [0, 0.1) is 11.8 Å². The van der Waals surface area contributed by atoms with Gasteiger partial charge in [-0.25, -0.2) is 13.6 Å². The van der Waals surface area contributed by atoms with Crippen LogP contribution in [-0.4, -0.2) is 21.5 Å². The van der Waals surface area contributed by atoms with Crippen LogP contribution in [-0.2, 0) is 15.8 Å². The summed E-state index contributed by atoms with van der Waals surface area (Å²) >= 11 is 0. The summed E-state index contributed by atoms with van der Waals surface area (Å²) in [5.41, 5.74) is 7.35. The quantitative estimate of drug-likeness (QED) is 0.699. The van der Waals surface area contributed by atoms with E-state index in [0.29, 0.717) is 23.9 Å². The minimum Gasteiger partial charge on any atom is -0.385 e. The van der Waals surface area contributed by atoms with Crippen LogP contribution < -0.4 is 16.2 Å². The number of hydrogen-bond acceptors (Lipinski definition) is 4. The molecule has 0 radical (unpaired) electrons. The van der Waals surface area contributed by atoms with Crippen molar-refractivity contribution < 1.29 is 8.42 Å². The fourth-order valence-corrected chi connectivity index (χ4v) is 2.45. The number of primary sulfonamides is 1. The summed E-state index contributed by atoms with van der Waals surface area (Å²) in [6.45, 7) is 5.75. The van der Waals surface area contributed by atoms with Crippen molar-refractivity contribution >= 4 is 15.7 Å². The van der Waals surface area contributed by atoms with E-state index in [-0.39, 0.29) is 5.75 Å². The molecule has 0 heterocycles. The van der Waals surface area contributed by atoms with Crippen molar-refractivity contribution in [2.24, 2.45) is 22.7 Å². The molecule has 0 fully saturated rings. The highest BCUT2D eigenvalue weighted by Gasteiger charge is 2.11. The van der Waals surface area contributed by atoms with Gasteiger partial charge in [0, 0.05) is 12.2 Å². The number of hydrogen-bond donors (Lipinski definition) is 3. The van der Waals surface area contributed by atoms with E-state index in [0.717, 1.165) is 12.2 Å². The molecule has 0 bridgehead atoms. The zero-order valence-corrected chi connectivity index (χ0v) is 12.3. The lowest BCUT2D eigenvalue weighted by molar-refractivity contribution is 0.413. The number of rotatable bonds is 7. The van der Waals surface area contributed by atoms with Gasteiger partial charge in [0.15, 0.2) is 0 Å². The molecular formula is C13H23N3O2S. The number of anilines is 1. The Kier molecular flexibility index (Phi) is 5.78. The Morgan fingerprint density at radius 2 is 1.79 bits per heavy atom. The molecule has 0 aliphatic carbocycles. The SMILES string of the molecule is CC(C)C(CN)CNc1ccc(CS(N)(=O)=O)cc1. The van der Waals surface area contributed by atoms with E-state index in [1.54, 1.807) is 12.1 Å². The number of nitrogens with one attached hydrogen (secondary N) is 1. The largest absolute Gasteiger partial charge is 0.385 e. The second-order valence-electron chi connectivity index (χ2n) is 5.12. The van der Waals surface area contributed by atoms with Crippen molar-refractivity contribution in [1.29, 1.82) is 0 Å². The molecular weight excluding hydrogens is 262 g/mol. The molecule has 0 aromatic heterocycles. The van der Waals surface area contributed by atoms with Gasteiger partial charge < -0.3 is 11.1 Å². The molecule has 6 heteroatoms. The maximum absolute atomic E-state index is 11.0. The number of sulfonamides is 1. The van der Waals surface area contributed by atoms with E-state index in [1.165, 1.54) is 0 Å². The van der Waals surface area contributed by atoms with Crippen LogP contribution in [0.1, 0.15) is 19.4 Å². The minimum absolute atomic E-state index is 0.134. The van der Waals surface area contributed by atoms with Crippen molar-refractivity contribution in [2.75, 3.05) is 18.4 Å². The molecule has 0 saturated heterocycles. The van der Waals surface area contributed by atoms with Crippen molar-refractivity contribution in [1.82, 2.24) is 0 Å². The van der Waals surface area contributed by atoms with Crippen molar-refractivity contribution in [3.8, 4) is 0 Å². The molecule has 0 aliphatic heterocycles. The minimum atomic E-state index is -3.47. The number of nitrogens with two attached hydrogens (primary N) is 2. The lowest BCUT2D eigenvalue weighted by Crippen LogP contribution is -2.27. The maximum Gasteiger partial charge on any atom is 0.213 e. The summed E-state index contributed by atoms with van der Waals surface area (Å²) in [7, 11) is -3.47. The van der Waals surface area contributed by atoms with Crippen LogP contribution in [0.15, 0.2) is 24.3 Å². The lowest BCUT2D eigenvalue weighted by atomic mass is 9.96. The van der Waals surface area contributed by atoms with Crippen LogP contribution in [0.25, 0.3) is 0 Å². The Hall–Kier alpha value is -1.11. The molecule has 0 spiro atoms. The number of benzene rings is 1. The molecule has 0 amide bonds. The van der Waals surface area contributed by atoms with Gasteiger partial charge in [-0.1, -0.05) is 26.0 Å². The van der Waals surface area contributed by atoms with Crippen LogP contribution in [0.5, 0.6) is 0 Å². The van der Waals surface area contributed by atoms with E-state index >= 15 is 0 Å². The highest BCUT2D eigenvalue weighted by atomic mass is 32.2. The highest BCUT2D eigenvalue weighted by Crippen LogP contribution is 2.14. The molecule has 1 atom stereocenters. The Morgan fingerprint density at radius 1 is 1.21 bits per heavy atom. The zero-order chi connectivity index (χ0) is 14.5. The van der Waals surface area contributed by atoms with Crippen molar-refractivity contribution in [3.63, 3.8) is 0 Å². The molecule has 1 unspecified atom stereocenters. The molecule has 0 aliphatic rings. The maximum atomic E-state index is 11.0. The fourth-order valence-electron chi connectivity index (χ4n) is 1.79. The van der Waals surface area contributed by atoms with Gasteiger partial charge in [0.1, 0.15) is 0 Å². The summed E-state index contributed by atoms with van der Waals surface area (Å²) in [6.07, 6.45) is 0. The molecule has 1 aromatic carbocycles. The van der Waals surface area contributed by atoms with Gasteiger partial charge in [-0.15, -0.1) is 0 Å². The van der Waals surface area contributed by atoms with Gasteiger partial charge in [-0.3, -0.25) is 0 Å². The van der Waals surface area contributed by atoms with Gasteiger partial charge in [0.2, 0.25) is 10.0 Å². The predicted octanol–water partition coefficient (Wildman–Crippen LogP) is 1.12. The van der Waals surface area contributed by atoms with Crippen LogP contribution in [0.4, 0.5) is 5.69 Å². The molecule has 1 rings (SSSR count). The zero-order valence-electron chi connectivity index (χ0n) is 11.5. The summed E-state index contributed by atoms with van der Waals surface area (Å²) in [5, 5.41) is 8.30. The normalized spacial score (nSPS) is 13.5. The highest BCUT2D eigenvalue weighted by molar-refractivity contribution is 7.88. The summed E-state index contributed by atoms with van der Waals surface area (Å²) < 4.78 is 21.9. The molecule has 108 valence electrons. The smallest absolute Gasteiger partial charge is 0.213 e. The van der Waals surface area contributed by atoms with Crippen LogP contribution >= 0.6 is 0 Å². The Balaban J connectivity index is 2.57.